The molecule has 1 fully saturated rings. The van der Waals surface area contributed by atoms with Gasteiger partial charge in [0.05, 0.1) is 6.04 Å². The Bertz CT molecular complexity index is 799. The zero-order valence-corrected chi connectivity index (χ0v) is 18.0. The van der Waals surface area contributed by atoms with Gasteiger partial charge in [-0.3, -0.25) is 4.90 Å². The molecule has 1 aromatic carbocycles. The molecule has 0 aliphatic carbocycles. The summed E-state index contributed by atoms with van der Waals surface area (Å²) in [6, 6.07) is 6.70. The number of nitrogens with zero attached hydrogens (tertiary/aromatic N) is 4. The predicted molar refractivity (Wildman–Crippen MR) is 117 cm³/mol. The van der Waals surface area contributed by atoms with E-state index >= 15 is 0 Å². The highest BCUT2D eigenvalue weighted by Crippen LogP contribution is 2.25. The second kappa shape index (κ2) is 10.6. The van der Waals surface area contributed by atoms with Gasteiger partial charge in [-0.2, -0.15) is 0 Å². The van der Waals surface area contributed by atoms with Gasteiger partial charge in [-0.25, -0.2) is 14.8 Å². The molecule has 0 bridgehead atoms. The standard InChI is InChI=1S/C20H26Cl2N6O/c1-15(17-5-4-16(21)14-18(17)22)26-20(29)25-8-3-9-27-10-12-28(13-11-27)19-23-6-2-7-24-19/h2,4-7,14-15H,3,8-13H2,1H3,(H2,25,26,29). The van der Waals surface area contributed by atoms with Crippen molar-refractivity contribution in [1.29, 1.82) is 0 Å². The van der Waals surface area contributed by atoms with Crippen LogP contribution in [0.15, 0.2) is 36.7 Å². The van der Waals surface area contributed by atoms with Crippen LogP contribution in [-0.2, 0) is 0 Å². The summed E-state index contributed by atoms with van der Waals surface area (Å²) in [6.07, 6.45) is 4.44. The fourth-order valence-corrected chi connectivity index (χ4v) is 3.88. The van der Waals surface area contributed by atoms with E-state index in [0.717, 1.165) is 50.7 Å². The van der Waals surface area contributed by atoms with Crippen molar-refractivity contribution in [3.05, 3.63) is 52.3 Å². The number of hydrogen-bond acceptors (Lipinski definition) is 5. The number of anilines is 1. The molecule has 1 aliphatic heterocycles. The first kappa shape index (κ1) is 21.6. The van der Waals surface area contributed by atoms with Crippen LogP contribution in [-0.4, -0.2) is 60.2 Å². The van der Waals surface area contributed by atoms with E-state index in [4.69, 9.17) is 23.2 Å². The molecule has 1 aliphatic rings. The van der Waals surface area contributed by atoms with Crippen LogP contribution < -0.4 is 15.5 Å². The maximum Gasteiger partial charge on any atom is 0.315 e. The highest BCUT2D eigenvalue weighted by molar-refractivity contribution is 6.35. The largest absolute Gasteiger partial charge is 0.338 e. The van der Waals surface area contributed by atoms with Gasteiger partial charge < -0.3 is 15.5 Å². The third kappa shape index (κ3) is 6.45. The zero-order chi connectivity index (χ0) is 20.6. The second-order valence-corrected chi connectivity index (χ2v) is 7.86. The topological polar surface area (TPSA) is 73.4 Å². The van der Waals surface area contributed by atoms with E-state index in [-0.39, 0.29) is 12.1 Å². The van der Waals surface area contributed by atoms with E-state index in [0.29, 0.717) is 16.6 Å². The number of carbonyl (C=O) groups excluding carboxylic acids is 1. The molecule has 2 aromatic rings. The molecule has 1 saturated heterocycles. The van der Waals surface area contributed by atoms with Crippen LogP contribution >= 0.6 is 23.2 Å². The summed E-state index contributed by atoms with van der Waals surface area (Å²) in [4.78, 5) is 25.3. The van der Waals surface area contributed by atoms with Crippen molar-refractivity contribution in [2.75, 3.05) is 44.2 Å². The van der Waals surface area contributed by atoms with Crippen LogP contribution in [0.3, 0.4) is 0 Å². The molecule has 0 spiro atoms. The smallest absolute Gasteiger partial charge is 0.315 e. The lowest BCUT2D eigenvalue weighted by atomic mass is 10.1. The number of piperazine rings is 1. The van der Waals surface area contributed by atoms with Crippen molar-refractivity contribution < 1.29 is 4.79 Å². The van der Waals surface area contributed by atoms with E-state index in [1.807, 2.05) is 19.1 Å². The molecule has 29 heavy (non-hydrogen) atoms. The number of urea groups is 1. The van der Waals surface area contributed by atoms with Gasteiger partial charge in [-0.05, 0) is 43.7 Å². The summed E-state index contributed by atoms with van der Waals surface area (Å²) in [5.41, 5.74) is 0.839. The van der Waals surface area contributed by atoms with Gasteiger partial charge in [0.1, 0.15) is 0 Å². The van der Waals surface area contributed by atoms with Crippen LogP contribution in [0.5, 0.6) is 0 Å². The van der Waals surface area contributed by atoms with Crippen molar-refractivity contribution >= 4 is 35.2 Å². The molecule has 156 valence electrons. The quantitative estimate of drug-likeness (QED) is 0.650. The van der Waals surface area contributed by atoms with Gasteiger partial charge >= 0.3 is 6.03 Å². The zero-order valence-electron chi connectivity index (χ0n) is 16.4. The number of carbonyl (C=O) groups is 1. The van der Waals surface area contributed by atoms with Gasteiger partial charge in [-0.15, -0.1) is 0 Å². The van der Waals surface area contributed by atoms with Crippen molar-refractivity contribution in [1.82, 2.24) is 25.5 Å². The summed E-state index contributed by atoms with van der Waals surface area (Å²) < 4.78 is 0. The number of amides is 2. The van der Waals surface area contributed by atoms with E-state index < -0.39 is 0 Å². The third-order valence-corrected chi connectivity index (χ3v) is 5.48. The van der Waals surface area contributed by atoms with Crippen LogP contribution in [0, 0.1) is 0 Å². The van der Waals surface area contributed by atoms with E-state index in [1.54, 1.807) is 24.5 Å². The van der Waals surface area contributed by atoms with Crippen LogP contribution in [0.2, 0.25) is 10.0 Å². The lowest BCUT2D eigenvalue weighted by molar-refractivity contribution is 0.233. The highest BCUT2D eigenvalue weighted by Gasteiger charge is 2.18. The molecular formula is C20H26Cl2N6O. The normalized spacial score (nSPS) is 15.8. The molecule has 1 aromatic heterocycles. The monoisotopic (exact) mass is 436 g/mol. The summed E-state index contributed by atoms with van der Waals surface area (Å²) >= 11 is 12.1. The molecule has 0 radical (unpaired) electrons. The maximum absolute atomic E-state index is 12.1. The number of nitrogens with one attached hydrogen (secondary N) is 2. The van der Waals surface area contributed by atoms with Crippen LogP contribution in [0.1, 0.15) is 24.9 Å². The molecule has 0 saturated carbocycles. The lowest BCUT2D eigenvalue weighted by Crippen LogP contribution is -2.47. The minimum Gasteiger partial charge on any atom is -0.338 e. The third-order valence-electron chi connectivity index (χ3n) is 4.92. The fourth-order valence-electron chi connectivity index (χ4n) is 3.31. The number of benzene rings is 1. The predicted octanol–water partition coefficient (Wildman–Crippen LogP) is 3.36. The number of aromatic nitrogens is 2. The molecule has 9 heteroatoms. The minimum atomic E-state index is -0.201. The summed E-state index contributed by atoms with van der Waals surface area (Å²) in [5.74, 6) is 0.792. The molecule has 2 amide bonds. The molecule has 3 rings (SSSR count). The second-order valence-electron chi connectivity index (χ2n) is 7.02. The van der Waals surface area contributed by atoms with Gasteiger partial charge in [0, 0.05) is 55.2 Å². The molecule has 2 heterocycles. The van der Waals surface area contributed by atoms with Crippen molar-refractivity contribution in [3.8, 4) is 0 Å². The van der Waals surface area contributed by atoms with E-state index in [1.165, 1.54) is 0 Å². The van der Waals surface area contributed by atoms with Gasteiger partial charge in [0.15, 0.2) is 0 Å². The Morgan fingerprint density at radius 1 is 1.17 bits per heavy atom. The average molecular weight is 437 g/mol. The van der Waals surface area contributed by atoms with E-state index in [9.17, 15) is 4.79 Å². The van der Waals surface area contributed by atoms with Crippen LogP contribution in [0.25, 0.3) is 0 Å². The Morgan fingerprint density at radius 3 is 2.59 bits per heavy atom. The molecule has 1 atom stereocenters. The summed E-state index contributed by atoms with van der Waals surface area (Å²) in [5, 5.41) is 6.94. The van der Waals surface area contributed by atoms with Gasteiger partial charge in [0.2, 0.25) is 5.95 Å². The van der Waals surface area contributed by atoms with Crippen molar-refractivity contribution in [2.45, 2.75) is 19.4 Å². The first-order valence-corrected chi connectivity index (χ1v) is 10.5. The minimum absolute atomic E-state index is 0.199. The SMILES string of the molecule is CC(NC(=O)NCCCN1CCN(c2ncccn2)CC1)c1ccc(Cl)cc1Cl. The summed E-state index contributed by atoms with van der Waals surface area (Å²) in [7, 11) is 0. The first-order chi connectivity index (χ1) is 14.0. The Kier molecular flexibility index (Phi) is 7.91. The number of rotatable bonds is 7. The Morgan fingerprint density at radius 2 is 1.90 bits per heavy atom. The Hall–Kier alpha value is -2.09. The van der Waals surface area contributed by atoms with E-state index in [2.05, 4.69) is 30.4 Å². The van der Waals surface area contributed by atoms with Crippen molar-refractivity contribution in [2.24, 2.45) is 0 Å². The fraction of sp³-hybridized carbons (Fsp3) is 0.450. The summed E-state index contributed by atoms with van der Waals surface area (Å²) in [6.45, 7) is 7.23. The molecular weight excluding hydrogens is 411 g/mol. The lowest BCUT2D eigenvalue weighted by Gasteiger charge is -2.34. The van der Waals surface area contributed by atoms with Crippen molar-refractivity contribution in [3.63, 3.8) is 0 Å². The van der Waals surface area contributed by atoms with Gasteiger partial charge in [0.25, 0.3) is 0 Å². The van der Waals surface area contributed by atoms with Gasteiger partial charge in [-0.1, -0.05) is 29.3 Å². The average Bonchev–Trinajstić information content (AvgIpc) is 2.72. The Balaban J connectivity index is 1.32. The highest BCUT2D eigenvalue weighted by atomic mass is 35.5. The van der Waals surface area contributed by atoms with Crippen LogP contribution in [0.4, 0.5) is 10.7 Å². The molecule has 7 nitrogen and oxygen atoms in total. The number of halogens is 2. The first-order valence-electron chi connectivity index (χ1n) is 9.76. The number of hydrogen-bond donors (Lipinski definition) is 2. The molecule has 1 unspecified atom stereocenters. The molecule has 2 N–H and O–H groups in total. The maximum atomic E-state index is 12.1. The Labute approximate surface area is 181 Å².